The van der Waals surface area contributed by atoms with Crippen LogP contribution in [-0.2, 0) is 14.4 Å². The summed E-state index contributed by atoms with van der Waals surface area (Å²) in [4.78, 5) is 35.4. The van der Waals surface area contributed by atoms with Gasteiger partial charge in [-0.15, -0.1) is 0 Å². The lowest BCUT2D eigenvalue weighted by Crippen LogP contribution is -2.53. The Morgan fingerprint density at radius 1 is 1.38 bits per heavy atom. The number of likely N-dealkylation sites (tertiary alicyclic amines) is 1. The number of rotatable bonds is 3. The maximum atomic E-state index is 11.8. The molecule has 0 aromatic rings. The predicted molar refractivity (Wildman–Crippen MR) is 56.6 cm³/mol. The molecule has 0 aromatic heterocycles. The Labute approximate surface area is 94.4 Å². The minimum absolute atomic E-state index is 0.225. The van der Waals surface area contributed by atoms with E-state index in [2.05, 4.69) is 0 Å². The fourth-order valence-corrected chi connectivity index (χ4v) is 2.01. The van der Waals surface area contributed by atoms with Crippen LogP contribution in [0.25, 0.3) is 0 Å². The highest BCUT2D eigenvalue weighted by Crippen LogP contribution is 2.32. The first kappa shape index (κ1) is 12.7. The average molecular weight is 227 g/mol. The van der Waals surface area contributed by atoms with Crippen molar-refractivity contribution in [1.82, 2.24) is 4.90 Å². The number of imide groups is 1. The zero-order chi connectivity index (χ0) is 12.5. The van der Waals surface area contributed by atoms with Gasteiger partial charge in [-0.05, 0) is 11.8 Å². The summed E-state index contributed by atoms with van der Waals surface area (Å²) in [6.07, 6.45) is 0.693. The normalized spacial score (nSPS) is 22.1. The quantitative estimate of drug-likeness (QED) is 0.730. The van der Waals surface area contributed by atoms with Crippen LogP contribution in [0, 0.1) is 5.41 Å². The van der Waals surface area contributed by atoms with Crippen molar-refractivity contribution in [3.05, 3.63) is 0 Å². The predicted octanol–water partition coefficient (Wildman–Crippen LogP) is 1.02. The van der Waals surface area contributed by atoms with E-state index < -0.39 is 12.0 Å². The maximum absolute atomic E-state index is 11.8. The van der Waals surface area contributed by atoms with Crippen molar-refractivity contribution in [2.24, 2.45) is 5.41 Å². The highest BCUT2D eigenvalue weighted by Gasteiger charge is 2.42. The van der Waals surface area contributed by atoms with E-state index in [9.17, 15) is 14.4 Å². The molecule has 90 valence electrons. The SMILES string of the molecule is CCC(C(=O)O)N1C(=O)CC(C)(C)CC1=O. The molecular formula is C11H17NO4. The highest BCUT2D eigenvalue weighted by molar-refractivity contribution is 6.01. The average Bonchev–Trinajstić information content (AvgIpc) is 2.08. The molecule has 0 aromatic carbocycles. The molecule has 1 atom stereocenters. The van der Waals surface area contributed by atoms with Gasteiger partial charge in [-0.25, -0.2) is 4.79 Å². The third-order valence-corrected chi connectivity index (χ3v) is 2.78. The van der Waals surface area contributed by atoms with E-state index in [0.29, 0.717) is 0 Å². The summed E-state index contributed by atoms with van der Waals surface area (Å²) in [5.41, 5.74) is -0.360. The van der Waals surface area contributed by atoms with Crippen LogP contribution in [0.1, 0.15) is 40.0 Å². The molecule has 0 aliphatic carbocycles. The first-order chi connectivity index (χ1) is 7.28. The lowest BCUT2D eigenvalue weighted by atomic mass is 9.81. The van der Waals surface area contributed by atoms with E-state index in [1.165, 1.54) is 0 Å². The number of carbonyl (C=O) groups excluding carboxylic acids is 2. The van der Waals surface area contributed by atoms with Gasteiger partial charge in [0.05, 0.1) is 0 Å². The number of hydrogen-bond acceptors (Lipinski definition) is 3. The van der Waals surface area contributed by atoms with Gasteiger partial charge in [0.25, 0.3) is 0 Å². The van der Waals surface area contributed by atoms with Crippen LogP contribution in [-0.4, -0.2) is 33.8 Å². The summed E-state index contributed by atoms with van der Waals surface area (Å²) in [6, 6.07) is -1.02. The first-order valence-corrected chi connectivity index (χ1v) is 5.36. The smallest absolute Gasteiger partial charge is 0.326 e. The second-order valence-corrected chi connectivity index (χ2v) is 4.94. The molecule has 0 spiro atoms. The molecule has 1 aliphatic heterocycles. The molecule has 1 N–H and O–H groups in total. The Bertz CT molecular complexity index is 315. The standard InChI is InChI=1S/C11H17NO4/c1-4-7(10(15)16)12-8(13)5-11(2,3)6-9(12)14/h7H,4-6H2,1-3H3,(H,15,16). The molecule has 0 radical (unpaired) electrons. The minimum Gasteiger partial charge on any atom is -0.480 e. The fraction of sp³-hybridized carbons (Fsp3) is 0.727. The molecule has 5 nitrogen and oxygen atoms in total. The number of carboxylic acids is 1. The first-order valence-electron chi connectivity index (χ1n) is 5.36. The van der Waals surface area contributed by atoms with Gasteiger partial charge in [-0.3, -0.25) is 14.5 Å². The zero-order valence-corrected chi connectivity index (χ0v) is 9.82. The number of aliphatic carboxylic acids is 1. The lowest BCUT2D eigenvalue weighted by molar-refractivity contribution is -0.163. The summed E-state index contributed by atoms with van der Waals surface area (Å²) in [7, 11) is 0. The van der Waals surface area contributed by atoms with E-state index in [0.717, 1.165) is 4.90 Å². The Balaban J connectivity index is 2.94. The van der Waals surface area contributed by atoms with E-state index >= 15 is 0 Å². The highest BCUT2D eigenvalue weighted by atomic mass is 16.4. The van der Waals surface area contributed by atoms with Crippen LogP contribution in [0.2, 0.25) is 0 Å². The van der Waals surface area contributed by atoms with Crippen LogP contribution in [0.5, 0.6) is 0 Å². The third-order valence-electron chi connectivity index (χ3n) is 2.78. The van der Waals surface area contributed by atoms with Crippen LogP contribution in [0.15, 0.2) is 0 Å². The summed E-state index contributed by atoms with van der Waals surface area (Å²) < 4.78 is 0. The third kappa shape index (κ3) is 2.40. The second-order valence-electron chi connectivity index (χ2n) is 4.94. The number of nitrogens with zero attached hydrogens (tertiary/aromatic N) is 1. The van der Waals surface area contributed by atoms with Crippen molar-refractivity contribution in [2.45, 2.75) is 46.1 Å². The van der Waals surface area contributed by atoms with Gasteiger partial charge in [-0.2, -0.15) is 0 Å². The number of amides is 2. The Morgan fingerprint density at radius 2 is 1.81 bits per heavy atom. The van der Waals surface area contributed by atoms with Crippen molar-refractivity contribution in [1.29, 1.82) is 0 Å². The Kier molecular flexibility index (Phi) is 3.35. The summed E-state index contributed by atoms with van der Waals surface area (Å²) in [5.74, 6) is -1.88. The molecule has 1 saturated heterocycles. The molecule has 1 rings (SSSR count). The van der Waals surface area contributed by atoms with Crippen LogP contribution < -0.4 is 0 Å². The van der Waals surface area contributed by atoms with Crippen molar-refractivity contribution in [3.8, 4) is 0 Å². The van der Waals surface area contributed by atoms with Gasteiger partial charge in [0, 0.05) is 12.8 Å². The molecule has 1 unspecified atom stereocenters. The number of carbonyl (C=O) groups is 3. The molecule has 1 aliphatic rings. The van der Waals surface area contributed by atoms with E-state index in [4.69, 9.17) is 5.11 Å². The van der Waals surface area contributed by atoms with Gasteiger partial charge < -0.3 is 5.11 Å². The number of carboxylic acid groups (broad SMARTS) is 1. The molecule has 2 amide bonds. The molecule has 1 heterocycles. The summed E-state index contributed by atoms with van der Waals surface area (Å²) in [6.45, 7) is 5.32. The van der Waals surface area contributed by atoms with Gasteiger partial charge in [-0.1, -0.05) is 20.8 Å². The van der Waals surface area contributed by atoms with Crippen molar-refractivity contribution in [3.63, 3.8) is 0 Å². The zero-order valence-electron chi connectivity index (χ0n) is 9.82. The molecule has 16 heavy (non-hydrogen) atoms. The van der Waals surface area contributed by atoms with Crippen molar-refractivity contribution in [2.75, 3.05) is 0 Å². The molecule has 1 fully saturated rings. The lowest BCUT2D eigenvalue weighted by Gasteiger charge is -2.37. The molecule has 5 heteroatoms. The summed E-state index contributed by atoms with van der Waals surface area (Å²) >= 11 is 0. The van der Waals surface area contributed by atoms with Crippen LogP contribution >= 0.6 is 0 Å². The summed E-state index contributed by atoms with van der Waals surface area (Å²) in [5, 5.41) is 8.95. The van der Waals surface area contributed by atoms with E-state index in [1.807, 2.05) is 13.8 Å². The van der Waals surface area contributed by atoms with Crippen LogP contribution in [0.4, 0.5) is 0 Å². The van der Waals surface area contributed by atoms with E-state index in [-0.39, 0.29) is 36.5 Å². The number of hydrogen-bond donors (Lipinski definition) is 1. The number of piperidine rings is 1. The van der Waals surface area contributed by atoms with Crippen molar-refractivity contribution >= 4 is 17.8 Å². The van der Waals surface area contributed by atoms with Gasteiger partial charge >= 0.3 is 5.97 Å². The Morgan fingerprint density at radius 3 is 2.12 bits per heavy atom. The molecule has 0 bridgehead atoms. The maximum Gasteiger partial charge on any atom is 0.326 e. The van der Waals surface area contributed by atoms with E-state index in [1.54, 1.807) is 6.92 Å². The molecular weight excluding hydrogens is 210 g/mol. The molecule has 0 saturated carbocycles. The minimum atomic E-state index is -1.12. The topological polar surface area (TPSA) is 74.7 Å². The monoisotopic (exact) mass is 227 g/mol. The second kappa shape index (κ2) is 4.23. The van der Waals surface area contributed by atoms with Gasteiger partial charge in [0.1, 0.15) is 6.04 Å². The fourth-order valence-electron chi connectivity index (χ4n) is 2.01. The van der Waals surface area contributed by atoms with Crippen LogP contribution in [0.3, 0.4) is 0 Å². The van der Waals surface area contributed by atoms with Gasteiger partial charge in [0.2, 0.25) is 11.8 Å². The Hall–Kier alpha value is -1.39. The van der Waals surface area contributed by atoms with Crippen molar-refractivity contribution < 1.29 is 19.5 Å². The van der Waals surface area contributed by atoms with Gasteiger partial charge in [0.15, 0.2) is 0 Å². The largest absolute Gasteiger partial charge is 0.480 e.